The molecule has 0 spiro atoms. The second kappa shape index (κ2) is 5.61. The second-order valence-corrected chi connectivity index (χ2v) is 7.24. The Kier molecular flexibility index (Phi) is 4.28. The fourth-order valence-electron chi connectivity index (χ4n) is 2.39. The first kappa shape index (κ1) is 14.5. The van der Waals surface area contributed by atoms with Crippen LogP contribution in [0.4, 0.5) is 0 Å². The van der Waals surface area contributed by atoms with Crippen molar-refractivity contribution in [3.05, 3.63) is 29.3 Å². The lowest BCUT2D eigenvalue weighted by atomic mass is 10.2. The lowest BCUT2D eigenvalue weighted by Crippen LogP contribution is -2.34. The largest absolute Gasteiger partial charge is 0.305 e. The molecule has 5 heteroatoms. The molecule has 0 aromatic heterocycles. The Labute approximate surface area is 116 Å². The third kappa shape index (κ3) is 3.16. The molecule has 1 aromatic rings. The van der Waals surface area contributed by atoms with E-state index >= 15 is 0 Å². The van der Waals surface area contributed by atoms with Gasteiger partial charge in [-0.15, -0.1) is 0 Å². The molecule has 0 saturated carbocycles. The van der Waals surface area contributed by atoms with E-state index in [1.54, 1.807) is 10.4 Å². The third-order valence-electron chi connectivity index (χ3n) is 3.64. The molecule has 1 fully saturated rings. The van der Waals surface area contributed by atoms with Crippen molar-refractivity contribution in [1.29, 1.82) is 0 Å². The molecule has 1 heterocycles. The molecule has 106 valence electrons. The molecule has 0 aliphatic carbocycles. The molecule has 2 rings (SSSR count). The summed E-state index contributed by atoms with van der Waals surface area (Å²) in [4.78, 5) is 2.63. The van der Waals surface area contributed by atoms with E-state index in [1.165, 1.54) is 0 Å². The Bertz CT molecular complexity index is 555. The number of benzene rings is 1. The quantitative estimate of drug-likeness (QED) is 0.828. The summed E-state index contributed by atoms with van der Waals surface area (Å²) in [5, 5.41) is 0. The molecule has 1 aliphatic rings. The highest BCUT2D eigenvalue weighted by Crippen LogP contribution is 2.22. The SMILES string of the molecule is Cc1ccc(C)c(S(=O)(=O)N2CCCN(C)CC2)c1. The van der Waals surface area contributed by atoms with Crippen LogP contribution in [0.15, 0.2) is 23.1 Å². The van der Waals surface area contributed by atoms with Crippen LogP contribution < -0.4 is 0 Å². The normalized spacial score (nSPS) is 19.3. The number of hydrogen-bond donors (Lipinski definition) is 0. The first-order valence-corrected chi connectivity index (χ1v) is 8.11. The second-order valence-electron chi connectivity index (χ2n) is 5.33. The van der Waals surface area contributed by atoms with E-state index in [2.05, 4.69) is 4.90 Å². The maximum Gasteiger partial charge on any atom is 0.243 e. The number of likely N-dealkylation sites (N-methyl/N-ethyl adjacent to an activating group) is 1. The Hall–Kier alpha value is -0.910. The lowest BCUT2D eigenvalue weighted by Gasteiger charge is -2.21. The average Bonchev–Trinajstić information content (AvgIpc) is 2.57. The summed E-state index contributed by atoms with van der Waals surface area (Å²) in [7, 11) is -1.32. The van der Waals surface area contributed by atoms with Gasteiger partial charge in [-0.2, -0.15) is 4.31 Å². The number of hydrogen-bond acceptors (Lipinski definition) is 3. The van der Waals surface area contributed by atoms with E-state index in [0.29, 0.717) is 18.0 Å². The van der Waals surface area contributed by atoms with Crippen molar-refractivity contribution in [3.63, 3.8) is 0 Å². The van der Waals surface area contributed by atoms with E-state index in [4.69, 9.17) is 0 Å². The predicted molar refractivity (Wildman–Crippen MR) is 76.8 cm³/mol. The predicted octanol–water partition coefficient (Wildman–Crippen LogP) is 1.63. The van der Waals surface area contributed by atoms with Crippen LogP contribution >= 0.6 is 0 Å². The average molecular weight is 282 g/mol. The minimum absolute atomic E-state index is 0.456. The highest BCUT2D eigenvalue weighted by Gasteiger charge is 2.27. The molecule has 1 saturated heterocycles. The summed E-state index contributed by atoms with van der Waals surface area (Å²) in [5.41, 5.74) is 1.80. The van der Waals surface area contributed by atoms with Crippen molar-refractivity contribution in [2.24, 2.45) is 0 Å². The van der Waals surface area contributed by atoms with Gasteiger partial charge < -0.3 is 4.90 Å². The first-order chi connectivity index (χ1) is 8.91. The van der Waals surface area contributed by atoms with Crippen LogP contribution in [0.3, 0.4) is 0 Å². The van der Waals surface area contributed by atoms with Crippen LogP contribution in [-0.2, 0) is 10.0 Å². The molecule has 0 bridgehead atoms. The van der Waals surface area contributed by atoms with Crippen LogP contribution in [0.25, 0.3) is 0 Å². The van der Waals surface area contributed by atoms with Crippen molar-refractivity contribution in [2.75, 3.05) is 33.2 Å². The molecule has 0 unspecified atom stereocenters. The van der Waals surface area contributed by atoms with Gasteiger partial charge in [0.1, 0.15) is 0 Å². The van der Waals surface area contributed by atoms with Gasteiger partial charge in [-0.05, 0) is 51.1 Å². The lowest BCUT2D eigenvalue weighted by molar-refractivity contribution is 0.347. The van der Waals surface area contributed by atoms with E-state index in [0.717, 1.165) is 30.6 Å². The number of rotatable bonds is 2. The van der Waals surface area contributed by atoms with Crippen molar-refractivity contribution in [2.45, 2.75) is 25.2 Å². The third-order valence-corrected chi connectivity index (χ3v) is 5.68. The van der Waals surface area contributed by atoms with Gasteiger partial charge >= 0.3 is 0 Å². The zero-order valence-electron chi connectivity index (χ0n) is 11.9. The maximum atomic E-state index is 12.7. The Morgan fingerprint density at radius 1 is 1.05 bits per heavy atom. The van der Waals surface area contributed by atoms with Crippen LogP contribution in [-0.4, -0.2) is 50.8 Å². The van der Waals surface area contributed by atoms with Gasteiger partial charge in [0.15, 0.2) is 0 Å². The topological polar surface area (TPSA) is 40.6 Å². The van der Waals surface area contributed by atoms with E-state index in [1.807, 2.05) is 33.0 Å². The molecule has 0 amide bonds. The van der Waals surface area contributed by atoms with Gasteiger partial charge in [0.2, 0.25) is 10.0 Å². The first-order valence-electron chi connectivity index (χ1n) is 6.67. The van der Waals surface area contributed by atoms with Crippen LogP contribution in [0.5, 0.6) is 0 Å². The number of nitrogens with zero attached hydrogens (tertiary/aromatic N) is 2. The fraction of sp³-hybridized carbons (Fsp3) is 0.571. The Morgan fingerprint density at radius 3 is 2.53 bits per heavy atom. The monoisotopic (exact) mass is 282 g/mol. The van der Waals surface area contributed by atoms with E-state index in [-0.39, 0.29) is 0 Å². The molecule has 1 aromatic carbocycles. The summed E-state index contributed by atoms with van der Waals surface area (Å²) < 4.78 is 27.1. The van der Waals surface area contributed by atoms with Crippen molar-refractivity contribution >= 4 is 10.0 Å². The fourth-order valence-corrected chi connectivity index (χ4v) is 4.17. The summed E-state index contributed by atoms with van der Waals surface area (Å²) in [6.45, 7) is 6.72. The van der Waals surface area contributed by atoms with Gasteiger partial charge in [0.05, 0.1) is 4.90 Å². The van der Waals surface area contributed by atoms with Crippen molar-refractivity contribution < 1.29 is 8.42 Å². The highest BCUT2D eigenvalue weighted by molar-refractivity contribution is 7.89. The zero-order valence-corrected chi connectivity index (χ0v) is 12.7. The molecule has 1 aliphatic heterocycles. The van der Waals surface area contributed by atoms with Gasteiger partial charge in [-0.3, -0.25) is 0 Å². The molecular formula is C14H22N2O2S. The number of sulfonamides is 1. The van der Waals surface area contributed by atoms with E-state index < -0.39 is 10.0 Å². The molecule has 4 nitrogen and oxygen atoms in total. The summed E-state index contributed by atoms with van der Waals surface area (Å²) in [6.07, 6.45) is 0.889. The Morgan fingerprint density at radius 2 is 1.79 bits per heavy atom. The molecule has 19 heavy (non-hydrogen) atoms. The smallest absolute Gasteiger partial charge is 0.243 e. The maximum absolute atomic E-state index is 12.7. The van der Waals surface area contributed by atoms with Crippen LogP contribution in [0.1, 0.15) is 17.5 Å². The molecular weight excluding hydrogens is 260 g/mol. The van der Waals surface area contributed by atoms with Gasteiger partial charge in [0.25, 0.3) is 0 Å². The van der Waals surface area contributed by atoms with Crippen molar-refractivity contribution in [1.82, 2.24) is 9.21 Å². The zero-order chi connectivity index (χ0) is 14.0. The summed E-state index contributed by atoms with van der Waals surface area (Å²) in [6, 6.07) is 5.61. The van der Waals surface area contributed by atoms with Gasteiger partial charge in [-0.25, -0.2) is 8.42 Å². The van der Waals surface area contributed by atoms with Gasteiger partial charge in [0, 0.05) is 19.6 Å². The van der Waals surface area contributed by atoms with E-state index in [9.17, 15) is 8.42 Å². The molecule has 0 radical (unpaired) electrons. The summed E-state index contributed by atoms with van der Waals surface area (Å²) in [5.74, 6) is 0. The Balaban J connectivity index is 2.33. The highest BCUT2D eigenvalue weighted by atomic mass is 32.2. The van der Waals surface area contributed by atoms with Crippen LogP contribution in [0, 0.1) is 13.8 Å². The minimum Gasteiger partial charge on any atom is -0.305 e. The summed E-state index contributed by atoms with van der Waals surface area (Å²) >= 11 is 0. The van der Waals surface area contributed by atoms with Crippen molar-refractivity contribution in [3.8, 4) is 0 Å². The number of aryl methyl sites for hydroxylation is 2. The minimum atomic E-state index is -3.36. The standard InChI is InChI=1S/C14H22N2O2S/c1-12-5-6-13(2)14(11-12)19(17,18)16-8-4-7-15(3)9-10-16/h5-6,11H,4,7-10H2,1-3H3. The van der Waals surface area contributed by atoms with Crippen LogP contribution in [0.2, 0.25) is 0 Å². The molecule has 0 atom stereocenters. The molecule has 0 N–H and O–H groups in total. The van der Waals surface area contributed by atoms with Gasteiger partial charge in [-0.1, -0.05) is 12.1 Å².